The number of nitrogens with one attached hydrogen (secondary N) is 1. The normalized spacial score (nSPS) is 11.5. The Labute approximate surface area is 88.8 Å². The number of rotatable bonds is 7. The van der Waals surface area contributed by atoms with Gasteiger partial charge in [0.05, 0.1) is 13.1 Å². The Hall–Kier alpha value is -0.750. The van der Waals surface area contributed by atoms with Crippen LogP contribution in [0.4, 0.5) is 8.78 Å². The monoisotopic (exact) mass is 223 g/mol. The van der Waals surface area contributed by atoms with Gasteiger partial charge in [-0.1, -0.05) is 0 Å². The fourth-order valence-corrected chi connectivity index (χ4v) is 1.18. The van der Waals surface area contributed by atoms with E-state index in [-0.39, 0.29) is 25.0 Å². The lowest BCUT2D eigenvalue weighted by Crippen LogP contribution is -2.43. The molecule has 0 saturated carbocycles. The van der Waals surface area contributed by atoms with Crippen molar-refractivity contribution in [3.8, 4) is 0 Å². The molecule has 0 radical (unpaired) electrons. The topological polar surface area (TPSA) is 58.4 Å². The molecule has 0 aromatic rings. The molecule has 0 bridgehead atoms. The molecule has 0 rings (SSSR count). The minimum atomic E-state index is -2.44. The summed E-state index contributed by atoms with van der Waals surface area (Å²) in [4.78, 5) is 12.6. The molecule has 0 aromatic heterocycles. The third kappa shape index (κ3) is 8.26. The summed E-state index contributed by atoms with van der Waals surface area (Å²) < 4.78 is 24.2. The van der Waals surface area contributed by atoms with Crippen molar-refractivity contribution in [2.45, 2.75) is 26.3 Å². The number of carbonyl (C=O) groups excluding carboxylic acids is 1. The van der Waals surface area contributed by atoms with Gasteiger partial charge in [-0.2, -0.15) is 0 Å². The third-order valence-corrected chi connectivity index (χ3v) is 1.66. The summed E-state index contributed by atoms with van der Waals surface area (Å²) in [5.41, 5.74) is 5.26. The van der Waals surface area contributed by atoms with Crippen molar-refractivity contribution in [1.29, 1.82) is 0 Å². The summed E-state index contributed by atoms with van der Waals surface area (Å²) >= 11 is 0. The molecule has 3 N–H and O–H groups in total. The van der Waals surface area contributed by atoms with Gasteiger partial charge in [-0.25, -0.2) is 8.78 Å². The van der Waals surface area contributed by atoms with Crippen LogP contribution in [0.1, 0.15) is 13.8 Å². The average Bonchev–Trinajstić information content (AvgIpc) is 2.00. The van der Waals surface area contributed by atoms with Crippen LogP contribution in [0.5, 0.6) is 0 Å². The maximum atomic E-state index is 12.1. The molecule has 0 unspecified atom stereocenters. The van der Waals surface area contributed by atoms with Crippen LogP contribution in [0, 0.1) is 0 Å². The average molecular weight is 223 g/mol. The lowest BCUT2D eigenvalue weighted by molar-refractivity contribution is -0.123. The molecule has 0 aliphatic rings. The molecule has 0 atom stereocenters. The van der Waals surface area contributed by atoms with E-state index in [1.165, 1.54) is 4.90 Å². The minimum absolute atomic E-state index is 0.0174. The molecule has 0 spiro atoms. The number of nitrogens with zero attached hydrogens (tertiary/aromatic N) is 1. The Morgan fingerprint density at radius 2 is 2.07 bits per heavy atom. The second kappa shape index (κ2) is 7.53. The van der Waals surface area contributed by atoms with Crippen molar-refractivity contribution in [2.24, 2.45) is 5.73 Å². The SMILES string of the molecule is CC(C)NC(=O)CN(CCN)CC(F)F. The Balaban J connectivity index is 3.97. The van der Waals surface area contributed by atoms with E-state index in [4.69, 9.17) is 5.73 Å². The van der Waals surface area contributed by atoms with Crippen LogP contribution in [0.2, 0.25) is 0 Å². The second-order valence-corrected chi connectivity index (χ2v) is 3.64. The zero-order valence-corrected chi connectivity index (χ0v) is 9.17. The fraction of sp³-hybridized carbons (Fsp3) is 0.889. The van der Waals surface area contributed by atoms with Crippen LogP contribution in [-0.2, 0) is 4.79 Å². The number of hydrogen-bond donors (Lipinski definition) is 2. The standard InChI is InChI=1S/C9H19F2N3O/c1-7(2)13-9(15)6-14(4-3-12)5-8(10)11/h7-8H,3-6,12H2,1-2H3,(H,13,15). The van der Waals surface area contributed by atoms with Gasteiger partial charge in [0.25, 0.3) is 6.43 Å². The van der Waals surface area contributed by atoms with Gasteiger partial charge in [0.15, 0.2) is 0 Å². The largest absolute Gasteiger partial charge is 0.353 e. The molecule has 0 aliphatic heterocycles. The van der Waals surface area contributed by atoms with Crippen LogP contribution in [0.15, 0.2) is 0 Å². The third-order valence-electron chi connectivity index (χ3n) is 1.66. The van der Waals surface area contributed by atoms with Gasteiger partial charge in [0, 0.05) is 19.1 Å². The van der Waals surface area contributed by atoms with E-state index in [9.17, 15) is 13.6 Å². The molecule has 1 amide bonds. The van der Waals surface area contributed by atoms with E-state index >= 15 is 0 Å². The molecule has 0 heterocycles. The summed E-state index contributed by atoms with van der Waals surface area (Å²) in [7, 11) is 0. The van der Waals surface area contributed by atoms with Crippen molar-refractivity contribution < 1.29 is 13.6 Å². The quantitative estimate of drug-likeness (QED) is 0.640. The van der Waals surface area contributed by atoms with Gasteiger partial charge in [0.2, 0.25) is 5.91 Å². The van der Waals surface area contributed by atoms with E-state index in [2.05, 4.69) is 5.32 Å². The van der Waals surface area contributed by atoms with Crippen molar-refractivity contribution in [3.63, 3.8) is 0 Å². The molecule has 0 saturated heterocycles. The van der Waals surface area contributed by atoms with Gasteiger partial charge in [-0.15, -0.1) is 0 Å². The van der Waals surface area contributed by atoms with E-state index in [1.807, 2.05) is 13.8 Å². The maximum absolute atomic E-state index is 12.1. The Kier molecular flexibility index (Phi) is 7.15. The van der Waals surface area contributed by atoms with Crippen molar-refractivity contribution in [1.82, 2.24) is 10.2 Å². The smallest absolute Gasteiger partial charge is 0.251 e. The summed E-state index contributed by atoms with van der Waals surface area (Å²) in [5.74, 6) is -0.251. The number of alkyl halides is 2. The van der Waals surface area contributed by atoms with E-state index < -0.39 is 13.0 Å². The van der Waals surface area contributed by atoms with Crippen LogP contribution in [-0.4, -0.2) is 49.5 Å². The highest BCUT2D eigenvalue weighted by Gasteiger charge is 2.15. The first kappa shape index (κ1) is 14.2. The molecule has 0 aromatic carbocycles. The number of halogens is 2. The Bertz CT molecular complexity index is 188. The van der Waals surface area contributed by atoms with E-state index in [0.717, 1.165) is 0 Å². The number of carbonyl (C=O) groups is 1. The predicted molar refractivity (Wildman–Crippen MR) is 54.8 cm³/mol. The number of hydrogen-bond acceptors (Lipinski definition) is 3. The van der Waals surface area contributed by atoms with Crippen LogP contribution >= 0.6 is 0 Å². The van der Waals surface area contributed by atoms with Gasteiger partial charge in [0.1, 0.15) is 0 Å². The highest BCUT2D eigenvalue weighted by Crippen LogP contribution is 1.97. The Morgan fingerprint density at radius 3 is 2.47 bits per heavy atom. The summed E-state index contributed by atoms with van der Waals surface area (Å²) in [6.07, 6.45) is -2.44. The van der Waals surface area contributed by atoms with E-state index in [0.29, 0.717) is 6.54 Å². The highest BCUT2D eigenvalue weighted by atomic mass is 19.3. The van der Waals surface area contributed by atoms with Crippen molar-refractivity contribution in [3.05, 3.63) is 0 Å². The first-order valence-corrected chi connectivity index (χ1v) is 4.95. The predicted octanol–water partition coefficient (Wildman–Crippen LogP) is 0.0368. The molecular formula is C9H19F2N3O. The maximum Gasteiger partial charge on any atom is 0.251 e. The lowest BCUT2D eigenvalue weighted by atomic mass is 10.3. The van der Waals surface area contributed by atoms with Gasteiger partial charge >= 0.3 is 0 Å². The second-order valence-electron chi connectivity index (χ2n) is 3.64. The van der Waals surface area contributed by atoms with Crippen LogP contribution in [0.25, 0.3) is 0 Å². The van der Waals surface area contributed by atoms with Crippen LogP contribution < -0.4 is 11.1 Å². The zero-order valence-electron chi connectivity index (χ0n) is 9.17. The molecule has 6 heteroatoms. The summed E-state index contributed by atoms with van der Waals surface area (Å²) in [6, 6.07) is 0.0174. The molecule has 90 valence electrons. The number of amides is 1. The van der Waals surface area contributed by atoms with E-state index in [1.54, 1.807) is 0 Å². The molecule has 4 nitrogen and oxygen atoms in total. The molecule has 0 fully saturated rings. The zero-order chi connectivity index (χ0) is 11.8. The summed E-state index contributed by atoms with van der Waals surface area (Å²) in [6.45, 7) is 3.76. The first-order valence-electron chi connectivity index (χ1n) is 4.95. The van der Waals surface area contributed by atoms with Gasteiger partial charge < -0.3 is 11.1 Å². The molecule has 0 aliphatic carbocycles. The lowest BCUT2D eigenvalue weighted by Gasteiger charge is -2.21. The fourth-order valence-electron chi connectivity index (χ4n) is 1.18. The highest BCUT2D eigenvalue weighted by molar-refractivity contribution is 5.78. The van der Waals surface area contributed by atoms with Crippen LogP contribution in [0.3, 0.4) is 0 Å². The molecule has 15 heavy (non-hydrogen) atoms. The summed E-state index contributed by atoms with van der Waals surface area (Å²) in [5, 5.41) is 2.64. The first-order chi connectivity index (χ1) is 6.95. The minimum Gasteiger partial charge on any atom is -0.353 e. The van der Waals surface area contributed by atoms with Gasteiger partial charge in [-0.05, 0) is 13.8 Å². The Morgan fingerprint density at radius 1 is 1.47 bits per heavy atom. The van der Waals surface area contributed by atoms with Crippen molar-refractivity contribution in [2.75, 3.05) is 26.2 Å². The van der Waals surface area contributed by atoms with Gasteiger partial charge in [-0.3, -0.25) is 9.69 Å². The van der Waals surface area contributed by atoms with Crippen molar-refractivity contribution >= 4 is 5.91 Å². The number of nitrogens with two attached hydrogens (primary N) is 1. The molecular weight excluding hydrogens is 204 g/mol.